The fourth-order valence-corrected chi connectivity index (χ4v) is 12.1. The smallest absolute Gasteiger partial charge is 0.309 e. The lowest BCUT2D eigenvalue weighted by Gasteiger charge is -2.73. The maximum atomic E-state index is 12.7. The summed E-state index contributed by atoms with van der Waals surface area (Å²) in [6.45, 7) is 22.3. The highest BCUT2D eigenvalue weighted by molar-refractivity contribution is 5.73. The van der Waals surface area contributed by atoms with Crippen molar-refractivity contribution in [3.8, 4) is 0 Å². The van der Waals surface area contributed by atoms with E-state index in [2.05, 4.69) is 55.0 Å². The zero-order valence-electron chi connectivity index (χ0n) is 23.6. The molecule has 0 aromatic rings. The van der Waals surface area contributed by atoms with Crippen LogP contribution in [0.15, 0.2) is 12.2 Å². The number of rotatable bonds is 2. The first-order chi connectivity index (χ1) is 15.8. The monoisotopic (exact) mass is 468 g/mol. The minimum atomic E-state index is 0.0147. The van der Waals surface area contributed by atoms with Gasteiger partial charge in [0.05, 0.1) is 13.0 Å². The summed E-state index contributed by atoms with van der Waals surface area (Å²) in [5.41, 5.74) is 3.15. The van der Waals surface area contributed by atoms with Gasteiger partial charge in [-0.15, -0.1) is 0 Å². The SMILES string of the molecule is C=C(C)[C@@H]1CC[C@]2(C)CC[C@]3(C)[C@H](CC[C@@H]4[C@@]5(C)CC[C@H](C(=O)OC)C(C)(C)[C@@H]5CC[C@]43C)[C@@H]12. The van der Waals surface area contributed by atoms with Gasteiger partial charge < -0.3 is 4.74 Å². The van der Waals surface area contributed by atoms with Crippen LogP contribution in [0.3, 0.4) is 0 Å². The predicted molar refractivity (Wildman–Crippen MR) is 140 cm³/mol. The molecule has 0 amide bonds. The predicted octanol–water partition coefficient (Wildman–Crippen LogP) is 8.45. The van der Waals surface area contributed by atoms with Gasteiger partial charge in [0.2, 0.25) is 0 Å². The van der Waals surface area contributed by atoms with E-state index in [1.807, 2.05) is 0 Å². The van der Waals surface area contributed by atoms with E-state index in [9.17, 15) is 4.79 Å². The van der Waals surface area contributed by atoms with Crippen molar-refractivity contribution >= 4 is 5.97 Å². The number of hydrogen-bond donors (Lipinski definition) is 0. The lowest BCUT2D eigenvalue weighted by atomic mass is 9.32. The molecule has 0 radical (unpaired) electrons. The molecule has 0 spiro atoms. The summed E-state index contributed by atoms with van der Waals surface area (Å²) in [5, 5.41) is 0. The number of esters is 1. The third-order valence-corrected chi connectivity index (χ3v) is 14.0. The highest BCUT2D eigenvalue weighted by Crippen LogP contribution is 2.77. The first-order valence-electron chi connectivity index (χ1n) is 14.5. The van der Waals surface area contributed by atoms with Gasteiger partial charge in [0.25, 0.3) is 0 Å². The Kier molecular flexibility index (Phi) is 5.57. The number of allylic oxidation sites excluding steroid dienone is 1. The van der Waals surface area contributed by atoms with Gasteiger partial charge in [0.1, 0.15) is 0 Å². The summed E-state index contributed by atoms with van der Waals surface area (Å²) >= 11 is 0. The normalized spacial score (nSPS) is 53.6. The summed E-state index contributed by atoms with van der Waals surface area (Å²) in [6.07, 6.45) is 13.2. The molecule has 10 atom stereocenters. The zero-order valence-corrected chi connectivity index (χ0v) is 23.6. The fourth-order valence-electron chi connectivity index (χ4n) is 12.1. The number of carbonyl (C=O) groups excluding carboxylic acids is 1. The maximum absolute atomic E-state index is 12.7. The molecule has 5 aliphatic rings. The zero-order chi connectivity index (χ0) is 24.9. The third kappa shape index (κ3) is 2.95. The topological polar surface area (TPSA) is 26.3 Å². The van der Waals surface area contributed by atoms with Crippen LogP contribution >= 0.6 is 0 Å². The first-order valence-corrected chi connectivity index (χ1v) is 14.5. The molecule has 2 heteroatoms. The summed E-state index contributed by atoms with van der Waals surface area (Å²) in [6, 6.07) is 0. The molecule has 0 bridgehead atoms. The Morgan fingerprint density at radius 3 is 2.15 bits per heavy atom. The highest BCUT2D eigenvalue weighted by atomic mass is 16.5. The molecule has 192 valence electrons. The van der Waals surface area contributed by atoms with Gasteiger partial charge in [-0.1, -0.05) is 53.7 Å². The van der Waals surface area contributed by atoms with E-state index in [1.54, 1.807) is 7.11 Å². The van der Waals surface area contributed by atoms with Crippen molar-refractivity contribution in [1.29, 1.82) is 0 Å². The molecule has 34 heavy (non-hydrogen) atoms. The molecule has 5 fully saturated rings. The summed E-state index contributed by atoms with van der Waals surface area (Å²) in [7, 11) is 1.57. The number of hydrogen-bond acceptors (Lipinski definition) is 2. The van der Waals surface area contributed by atoms with Crippen molar-refractivity contribution in [2.45, 2.75) is 113 Å². The number of methoxy groups -OCH3 is 1. The minimum absolute atomic E-state index is 0.0147. The fraction of sp³-hybridized carbons (Fsp3) is 0.906. The van der Waals surface area contributed by atoms with Crippen molar-refractivity contribution in [2.75, 3.05) is 7.11 Å². The van der Waals surface area contributed by atoms with E-state index in [4.69, 9.17) is 4.74 Å². The molecule has 0 aliphatic heterocycles. The molecule has 0 saturated heterocycles. The van der Waals surface area contributed by atoms with Crippen LogP contribution < -0.4 is 0 Å². The number of carbonyl (C=O) groups is 1. The molecule has 0 aromatic heterocycles. The van der Waals surface area contributed by atoms with Gasteiger partial charge in [-0.05, 0) is 128 Å². The van der Waals surface area contributed by atoms with Gasteiger partial charge >= 0.3 is 5.97 Å². The van der Waals surface area contributed by atoms with Crippen LogP contribution in [0.25, 0.3) is 0 Å². The van der Waals surface area contributed by atoms with Crippen LogP contribution in [0.4, 0.5) is 0 Å². The Labute approximate surface area is 210 Å². The Hall–Kier alpha value is -0.790. The van der Waals surface area contributed by atoms with E-state index in [1.165, 1.54) is 63.4 Å². The number of ether oxygens (including phenoxy) is 1. The van der Waals surface area contributed by atoms with Crippen LogP contribution in [0.5, 0.6) is 0 Å². The van der Waals surface area contributed by atoms with Gasteiger partial charge in [-0.3, -0.25) is 4.79 Å². The van der Waals surface area contributed by atoms with Crippen molar-refractivity contribution in [3.05, 3.63) is 12.2 Å². The Bertz CT molecular complexity index is 872. The molecule has 0 aromatic carbocycles. The van der Waals surface area contributed by atoms with E-state index < -0.39 is 0 Å². The van der Waals surface area contributed by atoms with Crippen LogP contribution in [0, 0.1) is 62.6 Å². The lowest BCUT2D eigenvalue weighted by molar-refractivity contribution is -0.242. The molecule has 5 rings (SSSR count). The summed E-state index contributed by atoms with van der Waals surface area (Å²) in [5.74, 6) is 3.86. The molecule has 5 saturated carbocycles. The van der Waals surface area contributed by atoms with Crippen LogP contribution in [-0.4, -0.2) is 13.1 Å². The minimum Gasteiger partial charge on any atom is -0.469 e. The number of fused-ring (bicyclic) bond motifs is 7. The van der Waals surface area contributed by atoms with Crippen LogP contribution in [-0.2, 0) is 9.53 Å². The van der Waals surface area contributed by atoms with Gasteiger partial charge in [-0.2, -0.15) is 0 Å². The second-order valence-electron chi connectivity index (χ2n) is 15.3. The second-order valence-corrected chi connectivity index (χ2v) is 15.3. The largest absolute Gasteiger partial charge is 0.469 e. The van der Waals surface area contributed by atoms with Crippen molar-refractivity contribution in [2.24, 2.45) is 62.6 Å². The van der Waals surface area contributed by atoms with Crippen molar-refractivity contribution in [3.63, 3.8) is 0 Å². The van der Waals surface area contributed by atoms with E-state index in [-0.39, 0.29) is 17.3 Å². The Morgan fingerprint density at radius 2 is 1.50 bits per heavy atom. The Balaban J connectivity index is 1.51. The third-order valence-electron chi connectivity index (χ3n) is 14.0. The summed E-state index contributed by atoms with van der Waals surface area (Å²) in [4.78, 5) is 12.7. The average Bonchev–Trinajstić information content (AvgIpc) is 3.11. The maximum Gasteiger partial charge on any atom is 0.309 e. The van der Waals surface area contributed by atoms with Gasteiger partial charge in [-0.25, -0.2) is 0 Å². The molecule has 2 nitrogen and oxygen atoms in total. The first kappa shape index (κ1) is 24.9. The van der Waals surface area contributed by atoms with E-state index >= 15 is 0 Å². The van der Waals surface area contributed by atoms with Crippen molar-refractivity contribution < 1.29 is 9.53 Å². The van der Waals surface area contributed by atoms with Gasteiger partial charge in [0.15, 0.2) is 0 Å². The molecule has 0 N–H and O–H groups in total. The second kappa shape index (κ2) is 7.61. The molecule has 0 heterocycles. The summed E-state index contributed by atoms with van der Waals surface area (Å²) < 4.78 is 5.28. The van der Waals surface area contributed by atoms with Gasteiger partial charge in [0, 0.05) is 0 Å². The highest BCUT2D eigenvalue weighted by Gasteiger charge is 2.70. The standard InChI is InChI=1S/C32H52O2/c1-20(2)21-12-15-29(5)18-19-31(7)22(26(21)29)10-11-25-30(6)16-13-23(27(33)34-9)28(3,4)24(30)14-17-32(25,31)8/h21-26H,1,10-19H2,2-9H3/t21-,22+,23+,24-,25+,26+,29+,30-,31+,32+/m0/s1. The molecular formula is C32H52O2. The van der Waals surface area contributed by atoms with Crippen LogP contribution in [0.2, 0.25) is 0 Å². The van der Waals surface area contributed by atoms with Crippen LogP contribution in [0.1, 0.15) is 113 Å². The lowest BCUT2D eigenvalue weighted by Crippen LogP contribution is -2.66. The Morgan fingerprint density at radius 1 is 0.794 bits per heavy atom. The average molecular weight is 469 g/mol. The van der Waals surface area contributed by atoms with Crippen molar-refractivity contribution in [1.82, 2.24) is 0 Å². The van der Waals surface area contributed by atoms with E-state index in [0.29, 0.717) is 27.6 Å². The molecular weight excluding hydrogens is 416 g/mol. The molecule has 5 aliphatic carbocycles. The molecule has 0 unspecified atom stereocenters. The quantitative estimate of drug-likeness (QED) is 0.300. The van der Waals surface area contributed by atoms with E-state index in [0.717, 1.165) is 30.1 Å².